The fraction of sp³-hybridized carbons (Fsp3) is 0.125. The van der Waals surface area contributed by atoms with Gasteiger partial charge in [-0.05, 0) is 79.4 Å². The maximum atomic E-state index is 10.6. The van der Waals surface area contributed by atoms with Crippen molar-refractivity contribution in [3.8, 4) is 5.75 Å². The molecule has 0 spiro atoms. The minimum absolute atomic E-state index is 0.413. The molecule has 114 valence electrons. The van der Waals surface area contributed by atoms with Crippen LogP contribution in [0.2, 0.25) is 10.0 Å². The highest BCUT2D eigenvalue weighted by atomic mass is 79.9. The molecular weight excluding hydrogens is 455 g/mol. The summed E-state index contributed by atoms with van der Waals surface area (Å²) in [5.74, 6) is 0.486. The maximum Gasteiger partial charge on any atom is 0.147 e. The van der Waals surface area contributed by atoms with E-state index in [0.29, 0.717) is 15.8 Å². The molecule has 0 aromatic heterocycles. The first kappa shape index (κ1) is 16.3. The van der Waals surface area contributed by atoms with Crippen LogP contribution < -0.4 is 4.74 Å². The quantitative estimate of drug-likeness (QED) is 0.588. The second kappa shape index (κ2) is 6.54. The van der Waals surface area contributed by atoms with Gasteiger partial charge in [0.1, 0.15) is 18.0 Å². The second-order valence-electron chi connectivity index (χ2n) is 4.86. The Kier molecular flexibility index (Phi) is 4.86. The molecule has 0 amide bonds. The molecule has 1 N–H and O–H groups in total. The molecule has 1 aliphatic carbocycles. The SMILES string of the molecule is O[C@H]1c2cc(Br)c(Br)cc2C=C[C@@H]1Oc1ccc(Cl)cc1Cl. The van der Waals surface area contributed by atoms with Crippen molar-refractivity contribution in [3.63, 3.8) is 0 Å². The number of aliphatic hydroxyl groups excluding tert-OH is 1. The van der Waals surface area contributed by atoms with Crippen LogP contribution in [0, 0.1) is 0 Å². The predicted molar refractivity (Wildman–Crippen MR) is 96.7 cm³/mol. The standard InChI is InChI=1S/C16H10Br2Cl2O2/c17-11-5-8-1-3-15(16(21)10(8)7-12(11)18)22-14-4-2-9(19)6-13(14)20/h1-7,15-16,21H/t15-,16-/m0/s1. The summed E-state index contributed by atoms with van der Waals surface area (Å²) < 4.78 is 7.64. The molecule has 1 aliphatic rings. The highest BCUT2D eigenvalue weighted by Gasteiger charge is 2.27. The van der Waals surface area contributed by atoms with Crippen molar-refractivity contribution in [3.05, 3.63) is 66.5 Å². The fourth-order valence-corrected chi connectivity index (χ4v) is 3.46. The van der Waals surface area contributed by atoms with Crippen molar-refractivity contribution in [1.29, 1.82) is 0 Å². The largest absolute Gasteiger partial charge is 0.482 e. The van der Waals surface area contributed by atoms with E-state index in [2.05, 4.69) is 31.9 Å². The molecular formula is C16H10Br2Cl2O2. The number of hydrogen-bond donors (Lipinski definition) is 1. The van der Waals surface area contributed by atoms with E-state index in [4.69, 9.17) is 27.9 Å². The highest BCUT2D eigenvalue weighted by Crippen LogP contribution is 2.37. The molecule has 0 radical (unpaired) electrons. The molecule has 2 aromatic rings. The first-order chi connectivity index (χ1) is 10.5. The van der Waals surface area contributed by atoms with Gasteiger partial charge in [0.15, 0.2) is 0 Å². The third-order valence-electron chi connectivity index (χ3n) is 3.38. The van der Waals surface area contributed by atoms with E-state index in [1.807, 2.05) is 24.3 Å². The Balaban J connectivity index is 1.90. The molecule has 0 unspecified atom stereocenters. The monoisotopic (exact) mass is 462 g/mol. The summed E-state index contributed by atoms with van der Waals surface area (Å²) in [7, 11) is 0. The van der Waals surface area contributed by atoms with E-state index >= 15 is 0 Å². The van der Waals surface area contributed by atoms with Crippen LogP contribution >= 0.6 is 55.1 Å². The normalized spacial score (nSPS) is 19.9. The van der Waals surface area contributed by atoms with Gasteiger partial charge in [0.05, 0.1) is 5.02 Å². The summed E-state index contributed by atoms with van der Waals surface area (Å²) in [5.41, 5.74) is 1.75. The van der Waals surface area contributed by atoms with Crippen molar-refractivity contribution in [2.75, 3.05) is 0 Å². The Hall–Kier alpha value is -0.520. The number of fused-ring (bicyclic) bond motifs is 1. The van der Waals surface area contributed by atoms with Crippen LogP contribution in [0.1, 0.15) is 17.2 Å². The number of rotatable bonds is 2. The highest BCUT2D eigenvalue weighted by molar-refractivity contribution is 9.13. The zero-order valence-electron chi connectivity index (χ0n) is 11.1. The Bertz CT molecular complexity index is 762. The topological polar surface area (TPSA) is 29.5 Å². The van der Waals surface area contributed by atoms with E-state index < -0.39 is 12.2 Å². The molecule has 2 atom stereocenters. The number of aliphatic hydroxyl groups is 1. The van der Waals surface area contributed by atoms with Gasteiger partial charge in [-0.1, -0.05) is 29.3 Å². The smallest absolute Gasteiger partial charge is 0.147 e. The van der Waals surface area contributed by atoms with Gasteiger partial charge in [-0.25, -0.2) is 0 Å². The summed E-state index contributed by atoms with van der Waals surface area (Å²) >= 11 is 18.9. The molecule has 0 heterocycles. The van der Waals surface area contributed by atoms with Gasteiger partial charge in [-0.2, -0.15) is 0 Å². The van der Waals surface area contributed by atoms with Crippen LogP contribution in [0.3, 0.4) is 0 Å². The summed E-state index contributed by atoms with van der Waals surface area (Å²) in [6.45, 7) is 0. The van der Waals surface area contributed by atoms with Crippen LogP contribution in [0.25, 0.3) is 6.08 Å². The minimum atomic E-state index is -0.781. The van der Waals surface area contributed by atoms with Crippen molar-refractivity contribution in [1.82, 2.24) is 0 Å². The lowest BCUT2D eigenvalue weighted by atomic mass is 9.93. The van der Waals surface area contributed by atoms with Gasteiger partial charge in [-0.15, -0.1) is 0 Å². The first-order valence-electron chi connectivity index (χ1n) is 6.42. The maximum absolute atomic E-state index is 10.6. The Morgan fingerprint density at radius 1 is 1.05 bits per heavy atom. The number of benzene rings is 2. The zero-order valence-corrected chi connectivity index (χ0v) is 15.7. The summed E-state index contributed by atoms with van der Waals surface area (Å²) in [5, 5.41) is 11.5. The molecule has 6 heteroatoms. The average molecular weight is 465 g/mol. The van der Waals surface area contributed by atoms with Crippen LogP contribution in [-0.2, 0) is 0 Å². The third kappa shape index (κ3) is 3.22. The van der Waals surface area contributed by atoms with Crippen molar-refractivity contribution >= 4 is 61.1 Å². The van der Waals surface area contributed by atoms with E-state index in [0.717, 1.165) is 20.1 Å². The predicted octanol–water partition coefficient (Wildman–Crippen LogP) is 6.03. The van der Waals surface area contributed by atoms with E-state index in [1.165, 1.54) is 0 Å². The molecule has 0 saturated carbocycles. The Morgan fingerprint density at radius 2 is 1.77 bits per heavy atom. The van der Waals surface area contributed by atoms with Crippen LogP contribution in [0.15, 0.2) is 45.4 Å². The molecule has 0 aliphatic heterocycles. The Morgan fingerprint density at radius 3 is 2.50 bits per heavy atom. The van der Waals surface area contributed by atoms with E-state index in [9.17, 15) is 5.11 Å². The summed E-state index contributed by atoms with van der Waals surface area (Å²) in [6.07, 6.45) is 2.45. The molecule has 2 aromatic carbocycles. The minimum Gasteiger partial charge on any atom is -0.482 e. The fourth-order valence-electron chi connectivity index (χ4n) is 2.28. The lowest BCUT2D eigenvalue weighted by Crippen LogP contribution is -2.26. The lowest BCUT2D eigenvalue weighted by Gasteiger charge is -2.27. The van der Waals surface area contributed by atoms with Crippen molar-refractivity contribution < 1.29 is 9.84 Å². The van der Waals surface area contributed by atoms with Gasteiger partial charge < -0.3 is 9.84 Å². The van der Waals surface area contributed by atoms with Crippen LogP contribution in [-0.4, -0.2) is 11.2 Å². The molecule has 0 saturated heterocycles. The molecule has 0 fully saturated rings. The average Bonchev–Trinajstić information content (AvgIpc) is 2.47. The van der Waals surface area contributed by atoms with Gasteiger partial charge >= 0.3 is 0 Å². The van der Waals surface area contributed by atoms with E-state index in [-0.39, 0.29) is 0 Å². The van der Waals surface area contributed by atoms with Crippen LogP contribution in [0.5, 0.6) is 5.75 Å². The summed E-state index contributed by atoms with van der Waals surface area (Å²) in [6, 6.07) is 8.83. The number of halogens is 4. The van der Waals surface area contributed by atoms with Gasteiger partial charge in [0.2, 0.25) is 0 Å². The van der Waals surface area contributed by atoms with Gasteiger partial charge in [0.25, 0.3) is 0 Å². The molecule has 22 heavy (non-hydrogen) atoms. The van der Waals surface area contributed by atoms with Gasteiger partial charge in [-0.3, -0.25) is 0 Å². The van der Waals surface area contributed by atoms with Crippen molar-refractivity contribution in [2.45, 2.75) is 12.2 Å². The van der Waals surface area contributed by atoms with Crippen LogP contribution in [0.4, 0.5) is 0 Å². The molecule has 3 rings (SSSR count). The van der Waals surface area contributed by atoms with E-state index in [1.54, 1.807) is 18.2 Å². The molecule has 0 bridgehead atoms. The zero-order chi connectivity index (χ0) is 15.9. The first-order valence-corrected chi connectivity index (χ1v) is 8.77. The number of hydrogen-bond acceptors (Lipinski definition) is 2. The lowest BCUT2D eigenvalue weighted by molar-refractivity contribution is 0.0623. The summed E-state index contributed by atoms with van der Waals surface area (Å²) in [4.78, 5) is 0. The second-order valence-corrected chi connectivity index (χ2v) is 7.41. The van der Waals surface area contributed by atoms with Crippen molar-refractivity contribution in [2.24, 2.45) is 0 Å². The Labute approximate surface area is 155 Å². The third-order valence-corrected chi connectivity index (χ3v) is 5.75. The van der Waals surface area contributed by atoms with Gasteiger partial charge in [0, 0.05) is 14.0 Å². The number of ether oxygens (including phenoxy) is 1. The molecule has 2 nitrogen and oxygen atoms in total.